The number of ether oxygens (including phenoxy) is 1. The van der Waals surface area contributed by atoms with E-state index < -0.39 is 5.97 Å². The summed E-state index contributed by atoms with van der Waals surface area (Å²) in [6, 6.07) is 9.32. The number of aryl methyl sites for hydroxylation is 2. The summed E-state index contributed by atoms with van der Waals surface area (Å²) >= 11 is 0. The van der Waals surface area contributed by atoms with Crippen LogP contribution in [0.5, 0.6) is 0 Å². The lowest BCUT2D eigenvalue weighted by Gasteiger charge is -2.57. The zero-order valence-corrected chi connectivity index (χ0v) is 23.2. The number of amides is 2. The molecule has 206 valence electrons. The molecular formula is C31H38N4O4. The lowest BCUT2D eigenvalue weighted by atomic mass is 9.49. The van der Waals surface area contributed by atoms with E-state index >= 15 is 0 Å². The van der Waals surface area contributed by atoms with Crippen molar-refractivity contribution in [2.45, 2.75) is 71.9 Å². The van der Waals surface area contributed by atoms with E-state index in [2.05, 4.69) is 9.97 Å². The molecule has 5 aliphatic rings. The Morgan fingerprint density at radius 2 is 1.59 bits per heavy atom. The van der Waals surface area contributed by atoms with E-state index in [1.807, 2.05) is 42.2 Å². The van der Waals surface area contributed by atoms with E-state index in [1.165, 1.54) is 19.3 Å². The molecule has 1 aromatic heterocycles. The van der Waals surface area contributed by atoms with Crippen LogP contribution in [0, 0.1) is 37.0 Å². The summed E-state index contributed by atoms with van der Waals surface area (Å²) in [6.45, 7) is 6.89. The molecule has 0 radical (unpaired) electrons. The number of hydrogen-bond acceptors (Lipinski definition) is 6. The highest BCUT2D eigenvalue weighted by Crippen LogP contribution is 2.60. The molecule has 8 heteroatoms. The van der Waals surface area contributed by atoms with Crippen molar-refractivity contribution in [2.24, 2.45) is 23.2 Å². The molecule has 1 aliphatic heterocycles. The Balaban J connectivity index is 1.17. The van der Waals surface area contributed by atoms with Crippen molar-refractivity contribution >= 4 is 17.8 Å². The highest BCUT2D eigenvalue weighted by molar-refractivity contribution is 6.04. The average Bonchev–Trinajstić information content (AvgIpc) is 2.90. The molecule has 0 spiro atoms. The summed E-state index contributed by atoms with van der Waals surface area (Å²) in [5, 5.41) is 0. The number of benzene rings is 1. The lowest BCUT2D eigenvalue weighted by molar-refractivity contribution is -0.161. The molecule has 1 unspecified atom stereocenters. The number of hydrogen-bond donors (Lipinski definition) is 0. The predicted octanol–water partition coefficient (Wildman–Crippen LogP) is 4.34. The highest BCUT2D eigenvalue weighted by Gasteiger charge is 2.56. The third kappa shape index (κ3) is 4.83. The van der Waals surface area contributed by atoms with Crippen molar-refractivity contribution in [2.75, 3.05) is 19.6 Å². The van der Waals surface area contributed by atoms with Crippen LogP contribution in [0.1, 0.15) is 83.4 Å². The third-order valence-corrected chi connectivity index (χ3v) is 9.49. The van der Waals surface area contributed by atoms with Crippen LogP contribution < -0.4 is 0 Å². The Hall–Kier alpha value is -3.29. The summed E-state index contributed by atoms with van der Waals surface area (Å²) in [5.41, 5.74) is 1.28. The lowest BCUT2D eigenvalue weighted by Crippen LogP contribution is -2.61. The molecule has 4 aliphatic carbocycles. The topological polar surface area (TPSA) is 92.7 Å². The summed E-state index contributed by atoms with van der Waals surface area (Å²) in [7, 11) is 0. The fraction of sp³-hybridized carbons (Fsp3) is 0.581. The molecule has 1 aromatic carbocycles. The van der Waals surface area contributed by atoms with Gasteiger partial charge in [0.25, 0.3) is 5.91 Å². The predicted molar refractivity (Wildman–Crippen MR) is 145 cm³/mol. The SMILES string of the molecule is Cc1nc(C)c(C(=O)OCc2ccccc2)c(C(=O)N2CCN(C(=O)C34CC5CC(CC(C5)C3)C4)C(C)C2)n1. The van der Waals surface area contributed by atoms with Crippen LogP contribution >= 0.6 is 0 Å². The average molecular weight is 531 g/mol. The minimum Gasteiger partial charge on any atom is -0.457 e. The van der Waals surface area contributed by atoms with Crippen LogP contribution in [0.4, 0.5) is 0 Å². The number of esters is 1. The van der Waals surface area contributed by atoms with Crippen molar-refractivity contribution in [3.05, 3.63) is 58.7 Å². The molecule has 0 N–H and O–H groups in total. The maximum Gasteiger partial charge on any atom is 0.342 e. The Morgan fingerprint density at radius 1 is 0.949 bits per heavy atom. The first-order chi connectivity index (χ1) is 18.7. The Kier molecular flexibility index (Phi) is 6.68. The van der Waals surface area contributed by atoms with Gasteiger partial charge in [-0.3, -0.25) is 9.59 Å². The van der Waals surface area contributed by atoms with Crippen LogP contribution in [-0.2, 0) is 16.1 Å². The Bertz CT molecular complexity index is 1260. The van der Waals surface area contributed by atoms with Crippen LogP contribution in [0.25, 0.3) is 0 Å². The number of carbonyl (C=O) groups excluding carboxylic acids is 3. The Labute approximate surface area is 230 Å². The zero-order chi connectivity index (χ0) is 27.3. The van der Waals surface area contributed by atoms with Gasteiger partial charge in [-0.05, 0) is 82.6 Å². The first-order valence-electron chi connectivity index (χ1n) is 14.4. The fourth-order valence-corrected chi connectivity index (χ4v) is 8.18. The van der Waals surface area contributed by atoms with Gasteiger partial charge in [-0.25, -0.2) is 14.8 Å². The quantitative estimate of drug-likeness (QED) is 0.534. The number of piperazine rings is 1. The van der Waals surface area contributed by atoms with Gasteiger partial charge in [-0.2, -0.15) is 0 Å². The van der Waals surface area contributed by atoms with Gasteiger partial charge in [0.1, 0.15) is 23.7 Å². The van der Waals surface area contributed by atoms with E-state index in [0.717, 1.165) is 24.8 Å². The standard InChI is InChI=1S/C31H38N4O4/c1-19-17-34(9-10-35(19)30(38)31-14-23-11-24(15-31)13-25(12-23)16-31)28(36)27-26(20(2)32-21(3)33-27)29(37)39-18-22-7-5-4-6-8-22/h4-8,19,23-25H,9-18H2,1-3H3. The van der Waals surface area contributed by atoms with E-state index in [4.69, 9.17) is 4.74 Å². The van der Waals surface area contributed by atoms with Gasteiger partial charge < -0.3 is 14.5 Å². The van der Waals surface area contributed by atoms with Gasteiger partial charge in [0.05, 0.1) is 11.1 Å². The maximum absolute atomic E-state index is 14.0. The van der Waals surface area contributed by atoms with Gasteiger partial charge in [0.15, 0.2) is 0 Å². The number of carbonyl (C=O) groups is 3. The van der Waals surface area contributed by atoms with Crippen LogP contribution in [-0.4, -0.2) is 63.2 Å². The number of nitrogens with zero attached hydrogens (tertiary/aromatic N) is 4. The van der Waals surface area contributed by atoms with Gasteiger partial charge >= 0.3 is 5.97 Å². The molecule has 1 atom stereocenters. The normalized spacial score (nSPS) is 29.4. The molecule has 2 aromatic rings. The van der Waals surface area contributed by atoms with E-state index in [-0.39, 0.29) is 35.2 Å². The minimum absolute atomic E-state index is 0.0751. The van der Waals surface area contributed by atoms with Crippen LogP contribution in [0.2, 0.25) is 0 Å². The second kappa shape index (κ2) is 10.0. The van der Waals surface area contributed by atoms with Crippen molar-refractivity contribution < 1.29 is 19.1 Å². The Morgan fingerprint density at radius 3 is 2.21 bits per heavy atom. The largest absolute Gasteiger partial charge is 0.457 e. The first-order valence-corrected chi connectivity index (χ1v) is 14.4. The fourth-order valence-electron chi connectivity index (χ4n) is 8.18. The molecule has 4 saturated carbocycles. The van der Waals surface area contributed by atoms with Crippen molar-refractivity contribution in [1.82, 2.24) is 19.8 Å². The molecule has 8 nitrogen and oxygen atoms in total. The van der Waals surface area contributed by atoms with Crippen molar-refractivity contribution in [3.8, 4) is 0 Å². The molecule has 39 heavy (non-hydrogen) atoms. The highest BCUT2D eigenvalue weighted by atomic mass is 16.5. The summed E-state index contributed by atoms with van der Waals surface area (Å²) < 4.78 is 5.56. The van der Waals surface area contributed by atoms with Gasteiger partial charge in [0.2, 0.25) is 5.91 Å². The van der Waals surface area contributed by atoms with Gasteiger partial charge in [0, 0.05) is 25.7 Å². The molecule has 7 rings (SSSR count). The molecule has 4 bridgehead atoms. The molecule has 2 amide bonds. The summed E-state index contributed by atoms with van der Waals surface area (Å²) in [4.78, 5) is 53.4. The summed E-state index contributed by atoms with van der Waals surface area (Å²) in [6.07, 6.45) is 7.03. The third-order valence-electron chi connectivity index (χ3n) is 9.49. The number of rotatable bonds is 5. The minimum atomic E-state index is -0.608. The van der Waals surface area contributed by atoms with Crippen LogP contribution in [0.3, 0.4) is 0 Å². The smallest absolute Gasteiger partial charge is 0.342 e. The number of aromatic nitrogens is 2. The first kappa shape index (κ1) is 26.0. The van der Waals surface area contributed by atoms with E-state index in [0.29, 0.717) is 54.8 Å². The van der Waals surface area contributed by atoms with Crippen molar-refractivity contribution in [1.29, 1.82) is 0 Å². The second-order valence-electron chi connectivity index (χ2n) is 12.4. The second-order valence-corrected chi connectivity index (χ2v) is 12.4. The molecule has 1 saturated heterocycles. The van der Waals surface area contributed by atoms with Gasteiger partial charge in [-0.15, -0.1) is 0 Å². The molecule has 5 fully saturated rings. The van der Waals surface area contributed by atoms with E-state index in [1.54, 1.807) is 18.7 Å². The summed E-state index contributed by atoms with van der Waals surface area (Å²) in [5.74, 6) is 1.94. The molecular weight excluding hydrogens is 492 g/mol. The van der Waals surface area contributed by atoms with E-state index in [9.17, 15) is 14.4 Å². The van der Waals surface area contributed by atoms with Crippen LogP contribution in [0.15, 0.2) is 30.3 Å². The van der Waals surface area contributed by atoms with Gasteiger partial charge in [-0.1, -0.05) is 30.3 Å². The van der Waals surface area contributed by atoms with Crippen molar-refractivity contribution in [3.63, 3.8) is 0 Å². The zero-order valence-electron chi connectivity index (χ0n) is 23.2. The molecule has 2 heterocycles. The monoisotopic (exact) mass is 530 g/mol. The maximum atomic E-state index is 14.0.